The van der Waals surface area contributed by atoms with E-state index in [0.29, 0.717) is 0 Å². The van der Waals surface area contributed by atoms with Crippen LogP contribution in [0.2, 0.25) is 0 Å². The Hall–Kier alpha value is -8.72. The van der Waals surface area contributed by atoms with Crippen LogP contribution >= 0.6 is 0 Å². The first-order valence-corrected chi connectivity index (χ1v) is 23.2. The van der Waals surface area contributed by atoms with Crippen LogP contribution in [-0.4, -0.2) is 0 Å². The van der Waals surface area contributed by atoms with Crippen molar-refractivity contribution in [2.45, 2.75) is 5.41 Å². The van der Waals surface area contributed by atoms with Gasteiger partial charge in [0.2, 0.25) is 0 Å². The van der Waals surface area contributed by atoms with E-state index < -0.39 is 5.41 Å². The fraction of sp³-hybridized carbons (Fsp3) is 0.0154. The molecular formula is C65H39NO. The molecule has 0 atom stereocenters. The van der Waals surface area contributed by atoms with Crippen LogP contribution in [0.1, 0.15) is 22.3 Å². The molecule has 0 amide bonds. The number of fused-ring (bicyclic) bond motifs is 21. The number of anilines is 3. The Morgan fingerprint density at radius 3 is 1.51 bits per heavy atom. The molecule has 1 spiro atoms. The van der Waals surface area contributed by atoms with E-state index >= 15 is 0 Å². The van der Waals surface area contributed by atoms with Crippen LogP contribution in [0.15, 0.2) is 241 Å². The minimum atomic E-state index is -0.439. The number of hydrogen-bond acceptors (Lipinski definition) is 2. The normalized spacial score (nSPS) is 13.2. The summed E-state index contributed by atoms with van der Waals surface area (Å²) in [5, 5.41) is 12.2. The third-order valence-electron chi connectivity index (χ3n) is 15.0. The lowest BCUT2D eigenvalue weighted by molar-refractivity contribution is 0.669. The molecule has 2 heteroatoms. The Labute approximate surface area is 387 Å². The SMILES string of the molecule is c1ccc2c(c1)-c1ccccc1C21c2ccccc2-c2ccc(N(c3ccc(-c4cccc5c6ccc7oc8ccccc8c7c6c6ccccc6c45)cc3)c3ccc4ccccc4c3)cc21. The largest absolute Gasteiger partial charge is 0.456 e. The number of nitrogens with zero attached hydrogens (tertiary/aromatic N) is 1. The molecule has 2 aliphatic rings. The monoisotopic (exact) mass is 849 g/mol. The van der Waals surface area contributed by atoms with Crippen molar-refractivity contribution in [2.75, 3.05) is 4.90 Å². The van der Waals surface area contributed by atoms with Crippen molar-refractivity contribution in [2.24, 2.45) is 0 Å². The molecule has 15 rings (SSSR count). The summed E-state index contributed by atoms with van der Waals surface area (Å²) in [7, 11) is 0. The average molecular weight is 850 g/mol. The van der Waals surface area contributed by atoms with Gasteiger partial charge in [-0.1, -0.05) is 182 Å². The predicted molar refractivity (Wildman–Crippen MR) is 280 cm³/mol. The maximum absolute atomic E-state index is 6.41. The van der Waals surface area contributed by atoms with Crippen LogP contribution < -0.4 is 4.90 Å². The van der Waals surface area contributed by atoms with E-state index in [9.17, 15) is 0 Å². The lowest BCUT2D eigenvalue weighted by Crippen LogP contribution is -2.26. The zero-order valence-corrected chi connectivity index (χ0v) is 36.4. The number of rotatable bonds is 4. The number of benzene rings is 12. The highest BCUT2D eigenvalue weighted by Gasteiger charge is 2.51. The van der Waals surface area contributed by atoms with Crippen LogP contribution in [0, 0.1) is 0 Å². The van der Waals surface area contributed by atoms with Gasteiger partial charge in [-0.05, 0) is 148 Å². The van der Waals surface area contributed by atoms with Crippen LogP contribution in [0.25, 0.3) is 98.4 Å². The fourth-order valence-corrected chi connectivity index (χ4v) is 12.3. The lowest BCUT2D eigenvalue weighted by Gasteiger charge is -2.32. The highest BCUT2D eigenvalue weighted by atomic mass is 16.3. The van der Waals surface area contributed by atoms with Gasteiger partial charge in [0, 0.05) is 33.2 Å². The quantitative estimate of drug-likeness (QED) is 0.164. The zero-order valence-electron chi connectivity index (χ0n) is 36.4. The molecule has 2 nitrogen and oxygen atoms in total. The fourth-order valence-electron chi connectivity index (χ4n) is 12.3. The van der Waals surface area contributed by atoms with Crippen LogP contribution in [0.5, 0.6) is 0 Å². The molecule has 0 radical (unpaired) electrons. The third kappa shape index (κ3) is 4.94. The molecule has 0 fully saturated rings. The maximum Gasteiger partial charge on any atom is 0.136 e. The summed E-state index contributed by atoms with van der Waals surface area (Å²) >= 11 is 0. The molecule has 0 bridgehead atoms. The summed E-state index contributed by atoms with van der Waals surface area (Å²) in [6, 6.07) is 87.6. The van der Waals surface area contributed by atoms with Crippen LogP contribution in [0.3, 0.4) is 0 Å². The molecule has 13 aromatic rings. The first-order chi connectivity index (χ1) is 33.2. The molecule has 1 aromatic heterocycles. The van der Waals surface area contributed by atoms with Gasteiger partial charge in [-0.25, -0.2) is 0 Å². The molecule has 310 valence electrons. The van der Waals surface area contributed by atoms with Gasteiger partial charge in [-0.2, -0.15) is 0 Å². The van der Waals surface area contributed by atoms with Crippen LogP contribution in [-0.2, 0) is 5.41 Å². The third-order valence-corrected chi connectivity index (χ3v) is 15.0. The molecule has 12 aromatic carbocycles. The van der Waals surface area contributed by atoms with Crippen molar-refractivity contribution >= 4 is 82.1 Å². The van der Waals surface area contributed by atoms with Gasteiger partial charge < -0.3 is 9.32 Å². The summed E-state index contributed by atoms with van der Waals surface area (Å²) in [5.74, 6) is 0. The van der Waals surface area contributed by atoms with Gasteiger partial charge in [0.05, 0.1) is 5.41 Å². The topological polar surface area (TPSA) is 16.4 Å². The van der Waals surface area contributed by atoms with Crippen molar-refractivity contribution in [3.8, 4) is 33.4 Å². The van der Waals surface area contributed by atoms with E-state index in [0.717, 1.165) is 33.6 Å². The predicted octanol–water partition coefficient (Wildman–Crippen LogP) is 17.7. The van der Waals surface area contributed by atoms with Gasteiger partial charge in [0.15, 0.2) is 0 Å². The van der Waals surface area contributed by atoms with Crippen LogP contribution in [0.4, 0.5) is 17.1 Å². The molecule has 2 aliphatic carbocycles. The minimum Gasteiger partial charge on any atom is -0.456 e. The summed E-state index contributed by atoms with van der Waals surface area (Å²) in [5.41, 5.74) is 17.7. The van der Waals surface area contributed by atoms with Gasteiger partial charge in [0.25, 0.3) is 0 Å². The Morgan fingerprint density at radius 1 is 0.284 bits per heavy atom. The first kappa shape index (κ1) is 36.6. The van der Waals surface area contributed by atoms with Crippen molar-refractivity contribution in [1.29, 1.82) is 0 Å². The Bertz CT molecular complexity index is 4140. The van der Waals surface area contributed by atoms with E-state index in [-0.39, 0.29) is 0 Å². The second-order valence-corrected chi connectivity index (χ2v) is 18.3. The Balaban J connectivity index is 0.936. The van der Waals surface area contributed by atoms with E-state index in [1.54, 1.807) is 0 Å². The second-order valence-electron chi connectivity index (χ2n) is 18.3. The number of furan rings is 1. The standard InChI is InChI=1S/C65H39NO/c1-2-15-42-38-44(33-28-40(42)14-1)66(45-34-35-50-49-18-7-11-26-58(49)65(59(50)39-45)56-24-9-5-16-47(56)48-17-6-10-25-57(48)65)43-31-29-41(30-32-43)46-22-13-23-52-54-36-37-61-64(55-21-8-12-27-60(55)67-61)63(54)53-20-4-3-19-51(53)62(46)52/h1-39H. The molecular weight excluding hydrogens is 811 g/mol. The molecule has 0 saturated heterocycles. The summed E-state index contributed by atoms with van der Waals surface area (Å²) < 4.78 is 6.41. The molecule has 1 heterocycles. The summed E-state index contributed by atoms with van der Waals surface area (Å²) in [4.78, 5) is 2.45. The highest BCUT2D eigenvalue weighted by Crippen LogP contribution is 2.63. The Morgan fingerprint density at radius 2 is 0.791 bits per heavy atom. The molecule has 0 N–H and O–H groups in total. The molecule has 0 saturated carbocycles. The molecule has 67 heavy (non-hydrogen) atoms. The van der Waals surface area contributed by atoms with Gasteiger partial charge in [0.1, 0.15) is 11.2 Å². The second kappa shape index (κ2) is 13.7. The smallest absolute Gasteiger partial charge is 0.136 e. The van der Waals surface area contributed by atoms with Gasteiger partial charge in [-0.15, -0.1) is 0 Å². The van der Waals surface area contributed by atoms with E-state index in [4.69, 9.17) is 4.42 Å². The minimum absolute atomic E-state index is 0.439. The van der Waals surface area contributed by atoms with E-state index in [1.165, 1.54) is 104 Å². The van der Waals surface area contributed by atoms with Gasteiger partial charge in [-0.3, -0.25) is 0 Å². The lowest BCUT2D eigenvalue weighted by atomic mass is 9.70. The zero-order chi connectivity index (χ0) is 43.8. The molecule has 0 unspecified atom stereocenters. The summed E-state index contributed by atoms with van der Waals surface area (Å²) in [6.45, 7) is 0. The number of para-hydroxylation sites is 1. The summed E-state index contributed by atoms with van der Waals surface area (Å²) in [6.07, 6.45) is 0. The highest BCUT2D eigenvalue weighted by molar-refractivity contribution is 6.36. The van der Waals surface area contributed by atoms with E-state index in [1.807, 2.05) is 6.07 Å². The van der Waals surface area contributed by atoms with Gasteiger partial charge >= 0.3 is 0 Å². The first-order valence-electron chi connectivity index (χ1n) is 23.2. The average Bonchev–Trinajstić information content (AvgIpc) is 4.03. The van der Waals surface area contributed by atoms with Crippen molar-refractivity contribution in [3.63, 3.8) is 0 Å². The van der Waals surface area contributed by atoms with Crippen molar-refractivity contribution in [3.05, 3.63) is 259 Å². The van der Waals surface area contributed by atoms with Crippen molar-refractivity contribution in [1.82, 2.24) is 0 Å². The number of hydrogen-bond donors (Lipinski definition) is 0. The van der Waals surface area contributed by atoms with E-state index in [2.05, 4.69) is 235 Å². The van der Waals surface area contributed by atoms with Crippen molar-refractivity contribution < 1.29 is 4.42 Å². The Kier molecular flexibility index (Phi) is 7.46. The molecule has 0 aliphatic heterocycles. The maximum atomic E-state index is 6.41.